The van der Waals surface area contributed by atoms with Gasteiger partial charge >= 0.3 is 0 Å². The fourth-order valence-corrected chi connectivity index (χ4v) is 5.07. The first-order valence-electron chi connectivity index (χ1n) is 10.9. The molecule has 35 heavy (non-hydrogen) atoms. The number of hydrogen-bond acceptors (Lipinski definition) is 8. The number of aromatic nitrogens is 4. The Kier molecular flexibility index (Phi) is 5.96. The number of thiophene rings is 1. The predicted octanol–water partition coefficient (Wildman–Crippen LogP) is 4.65. The number of methoxy groups -OCH3 is 2. The van der Waals surface area contributed by atoms with Gasteiger partial charge in [0.1, 0.15) is 17.5 Å². The van der Waals surface area contributed by atoms with Gasteiger partial charge in [-0.2, -0.15) is 4.98 Å². The van der Waals surface area contributed by atoms with Crippen molar-refractivity contribution in [2.75, 3.05) is 24.9 Å². The van der Waals surface area contributed by atoms with E-state index in [1.54, 1.807) is 60.8 Å². The number of amides is 1. The SMILES string of the molecule is COc1cc(OC)cc(-c2nc3n(n2)C(c2sccc2C)C(C(=O)Nc2cccnc2)=C(C)N3)c1. The van der Waals surface area contributed by atoms with Crippen LogP contribution in [0.5, 0.6) is 11.5 Å². The van der Waals surface area contributed by atoms with Gasteiger partial charge in [-0.1, -0.05) is 0 Å². The number of nitrogens with one attached hydrogen (secondary N) is 2. The lowest BCUT2D eigenvalue weighted by Gasteiger charge is -2.28. The van der Waals surface area contributed by atoms with Crippen molar-refractivity contribution in [2.45, 2.75) is 19.9 Å². The summed E-state index contributed by atoms with van der Waals surface area (Å²) >= 11 is 1.58. The van der Waals surface area contributed by atoms with E-state index < -0.39 is 6.04 Å². The molecule has 0 bridgehead atoms. The lowest BCUT2D eigenvalue weighted by Crippen LogP contribution is -2.31. The van der Waals surface area contributed by atoms with Gasteiger partial charge in [0.15, 0.2) is 5.82 Å². The molecule has 0 radical (unpaired) electrons. The molecule has 0 saturated heterocycles. The Morgan fingerprint density at radius 3 is 2.54 bits per heavy atom. The highest BCUT2D eigenvalue weighted by atomic mass is 32.1. The van der Waals surface area contributed by atoms with E-state index in [-0.39, 0.29) is 5.91 Å². The van der Waals surface area contributed by atoms with Gasteiger partial charge in [-0.05, 0) is 55.1 Å². The molecule has 1 unspecified atom stereocenters. The van der Waals surface area contributed by atoms with Gasteiger partial charge in [0.2, 0.25) is 5.95 Å². The minimum Gasteiger partial charge on any atom is -0.497 e. The second-order valence-corrected chi connectivity index (χ2v) is 8.98. The number of nitrogens with zero attached hydrogens (tertiary/aromatic N) is 4. The highest BCUT2D eigenvalue weighted by Gasteiger charge is 2.36. The molecule has 1 aliphatic rings. The molecule has 1 aromatic carbocycles. The summed E-state index contributed by atoms with van der Waals surface area (Å²) in [5.41, 5.74) is 3.71. The van der Waals surface area contributed by atoms with E-state index in [2.05, 4.69) is 15.6 Å². The molecule has 2 N–H and O–H groups in total. The molecule has 10 heteroatoms. The first-order chi connectivity index (χ1) is 17.0. The summed E-state index contributed by atoms with van der Waals surface area (Å²) in [6, 6.07) is 10.7. The van der Waals surface area contributed by atoms with Gasteiger partial charge in [0, 0.05) is 28.4 Å². The lowest BCUT2D eigenvalue weighted by molar-refractivity contribution is -0.113. The van der Waals surface area contributed by atoms with Gasteiger partial charge in [-0.15, -0.1) is 16.4 Å². The van der Waals surface area contributed by atoms with Gasteiger partial charge in [0.25, 0.3) is 5.91 Å². The summed E-state index contributed by atoms with van der Waals surface area (Å²) in [4.78, 5) is 23.4. The maximum Gasteiger partial charge on any atom is 0.255 e. The first-order valence-corrected chi connectivity index (χ1v) is 11.8. The minimum absolute atomic E-state index is 0.230. The van der Waals surface area contributed by atoms with Gasteiger partial charge in [-0.3, -0.25) is 9.78 Å². The molecule has 1 aliphatic heterocycles. The fraction of sp³-hybridized carbons (Fsp3) is 0.200. The van der Waals surface area contributed by atoms with Crippen molar-refractivity contribution in [3.63, 3.8) is 0 Å². The number of fused-ring (bicyclic) bond motifs is 1. The Morgan fingerprint density at radius 2 is 1.91 bits per heavy atom. The Labute approximate surface area is 206 Å². The molecule has 178 valence electrons. The Morgan fingerprint density at radius 1 is 1.14 bits per heavy atom. The average molecular weight is 489 g/mol. The minimum atomic E-state index is -0.448. The zero-order valence-corrected chi connectivity index (χ0v) is 20.5. The molecule has 9 nitrogen and oxygen atoms in total. The van der Waals surface area contributed by atoms with Crippen LogP contribution in [0.25, 0.3) is 11.4 Å². The normalized spacial score (nSPS) is 14.8. The van der Waals surface area contributed by atoms with E-state index >= 15 is 0 Å². The second kappa shape index (κ2) is 9.22. The maximum absolute atomic E-state index is 13.5. The highest BCUT2D eigenvalue weighted by Crippen LogP contribution is 2.40. The number of carbonyl (C=O) groups excluding carboxylic acids is 1. The van der Waals surface area contributed by atoms with Gasteiger partial charge in [-0.25, -0.2) is 4.68 Å². The van der Waals surface area contributed by atoms with Gasteiger partial charge in [0.05, 0.1) is 31.7 Å². The van der Waals surface area contributed by atoms with Crippen LogP contribution < -0.4 is 20.1 Å². The standard InChI is InChI=1S/C25H24N6O3S/c1-14-7-9-35-22(14)21-20(24(32)28-17-6-5-8-26-13-17)15(2)27-25-29-23(30-31(21)25)16-10-18(33-3)12-19(11-16)34-4/h5-13,21H,1-4H3,(H,28,32)(H,27,29,30). The Bertz CT molecular complexity index is 1400. The van der Waals surface area contributed by atoms with E-state index in [9.17, 15) is 4.79 Å². The summed E-state index contributed by atoms with van der Waals surface area (Å²) < 4.78 is 12.6. The number of allylic oxidation sites excluding steroid dienone is 1. The number of rotatable bonds is 6. The van der Waals surface area contributed by atoms with Crippen LogP contribution in [0.3, 0.4) is 0 Å². The average Bonchev–Trinajstić information content (AvgIpc) is 3.49. The van der Waals surface area contributed by atoms with Crippen LogP contribution in [-0.2, 0) is 4.79 Å². The molecular formula is C25H24N6O3S. The number of pyridine rings is 1. The van der Waals surface area contributed by atoms with Crippen molar-refractivity contribution in [2.24, 2.45) is 0 Å². The molecule has 1 atom stereocenters. The number of hydrogen-bond donors (Lipinski definition) is 2. The third-order valence-corrected chi connectivity index (χ3v) is 6.85. The Hall–Kier alpha value is -4.18. The second-order valence-electron chi connectivity index (χ2n) is 8.03. The maximum atomic E-state index is 13.5. The number of aryl methyl sites for hydroxylation is 1. The molecule has 0 spiro atoms. The third-order valence-electron chi connectivity index (χ3n) is 5.78. The van der Waals surface area contributed by atoms with E-state index in [4.69, 9.17) is 19.6 Å². The van der Waals surface area contributed by atoms with Gasteiger partial charge < -0.3 is 20.1 Å². The topological polar surface area (TPSA) is 103 Å². The summed E-state index contributed by atoms with van der Waals surface area (Å²) in [6.45, 7) is 3.91. The molecule has 3 aromatic heterocycles. The summed E-state index contributed by atoms with van der Waals surface area (Å²) in [5.74, 6) is 2.08. The molecule has 5 rings (SSSR count). The van der Waals surface area contributed by atoms with Crippen LogP contribution in [0.15, 0.2) is 65.4 Å². The largest absolute Gasteiger partial charge is 0.497 e. The zero-order chi connectivity index (χ0) is 24.5. The predicted molar refractivity (Wildman–Crippen MR) is 135 cm³/mol. The van der Waals surface area contributed by atoms with Crippen molar-refractivity contribution >= 4 is 28.9 Å². The molecular weight excluding hydrogens is 464 g/mol. The quantitative estimate of drug-likeness (QED) is 0.407. The van der Waals surface area contributed by atoms with E-state index in [1.807, 2.05) is 37.4 Å². The molecule has 0 aliphatic carbocycles. The fourth-order valence-electron chi connectivity index (χ4n) is 4.05. The van der Waals surface area contributed by atoms with Crippen molar-refractivity contribution in [1.29, 1.82) is 0 Å². The number of ether oxygens (including phenoxy) is 2. The molecule has 0 fully saturated rings. The van der Waals surface area contributed by atoms with Crippen LogP contribution in [0, 0.1) is 6.92 Å². The Balaban J connectivity index is 1.61. The van der Waals surface area contributed by atoms with Crippen LogP contribution in [0.2, 0.25) is 0 Å². The van der Waals surface area contributed by atoms with Crippen molar-refractivity contribution in [3.05, 3.63) is 75.9 Å². The van der Waals surface area contributed by atoms with Crippen LogP contribution in [-0.4, -0.2) is 39.9 Å². The molecule has 0 saturated carbocycles. The van der Waals surface area contributed by atoms with Crippen LogP contribution in [0.1, 0.15) is 23.4 Å². The third kappa shape index (κ3) is 4.24. The van der Waals surface area contributed by atoms with Crippen LogP contribution >= 0.6 is 11.3 Å². The summed E-state index contributed by atoms with van der Waals surface area (Å²) in [5, 5.41) is 13.1. The lowest BCUT2D eigenvalue weighted by atomic mass is 9.99. The van der Waals surface area contributed by atoms with Crippen molar-refractivity contribution in [1.82, 2.24) is 19.7 Å². The first kappa shape index (κ1) is 22.6. The van der Waals surface area contributed by atoms with Crippen molar-refractivity contribution < 1.29 is 14.3 Å². The molecule has 4 heterocycles. The van der Waals surface area contributed by atoms with Crippen molar-refractivity contribution in [3.8, 4) is 22.9 Å². The number of carbonyl (C=O) groups is 1. The molecule has 1 amide bonds. The van der Waals surface area contributed by atoms with Crippen LogP contribution in [0.4, 0.5) is 11.6 Å². The smallest absolute Gasteiger partial charge is 0.255 e. The molecule has 4 aromatic rings. The van der Waals surface area contributed by atoms with E-state index in [0.717, 1.165) is 16.0 Å². The number of benzene rings is 1. The van der Waals surface area contributed by atoms with E-state index in [1.165, 1.54) is 0 Å². The summed E-state index contributed by atoms with van der Waals surface area (Å²) in [7, 11) is 3.20. The van der Waals surface area contributed by atoms with E-state index in [0.29, 0.717) is 40.2 Å². The number of anilines is 2. The monoisotopic (exact) mass is 488 g/mol. The highest BCUT2D eigenvalue weighted by molar-refractivity contribution is 7.10. The summed E-state index contributed by atoms with van der Waals surface area (Å²) in [6.07, 6.45) is 3.28. The zero-order valence-electron chi connectivity index (χ0n) is 19.7.